The van der Waals surface area contributed by atoms with Crippen LogP contribution in [0.3, 0.4) is 0 Å². The number of aliphatic hydroxyl groups is 1. The van der Waals surface area contributed by atoms with Crippen LogP contribution in [0.1, 0.15) is 11.1 Å². The molecule has 1 aliphatic carbocycles. The second kappa shape index (κ2) is 7.50. The van der Waals surface area contributed by atoms with E-state index in [2.05, 4.69) is 10.3 Å². The predicted octanol–water partition coefficient (Wildman–Crippen LogP) is 6.04. The van der Waals surface area contributed by atoms with E-state index in [4.69, 9.17) is 23.2 Å². The first kappa shape index (κ1) is 18.3. The van der Waals surface area contributed by atoms with Gasteiger partial charge in [-0.3, -0.25) is 4.79 Å². The van der Waals surface area contributed by atoms with Crippen molar-refractivity contribution in [3.05, 3.63) is 99.5 Å². The van der Waals surface area contributed by atoms with E-state index in [1.807, 2.05) is 12.1 Å². The highest BCUT2D eigenvalue weighted by atomic mass is 35.5. The highest BCUT2D eigenvalue weighted by Gasteiger charge is 2.32. The Balaban J connectivity index is 1.76. The van der Waals surface area contributed by atoms with Crippen molar-refractivity contribution in [1.82, 2.24) is 0 Å². The van der Waals surface area contributed by atoms with Crippen LogP contribution in [-0.4, -0.2) is 16.7 Å². The zero-order valence-corrected chi connectivity index (χ0v) is 16.0. The van der Waals surface area contributed by atoms with Crippen molar-refractivity contribution in [3.63, 3.8) is 0 Å². The number of anilines is 1. The first-order valence-corrected chi connectivity index (χ1v) is 9.23. The number of hydrogen-bond donors (Lipinski definition) is 2. The normalized spacial score (nSPS) is 14.3. The number of halogens is 2. The molecule has 0 fully saturated rings. The molecule has 3 aromatic carbocycles. The number of amides is 1. The van der Waals surface area contributed by atoms with Gasteiger partial charge in [0.2, 0.25) is 0 Å². The molecule has 0 radical (unpaired) electrons. The lowest BCUT2D eigenvalue weighted by Gasteiger charge is -2.08. The summed E-state index contributed by atoms with van der Waals surface area (Å²) in [5, 5.41) is 14.7. The number of carbonyl (C=O) groups is 1. The predicted molar refractivity (Wildman–Crippen MR) is 114 cm³/mol. The van der Waals surface area contributed by atoms with E-state index in [1.54, 1.807) is 60.7 Å². The molecule has 0 aromatic heterocycles. The largest absolute Gasteiger partial charge is 0.506 e. The van der Waals surface area contributed by atoms with E-state index >= 15 is 0 Å². The van der Waals surface area contributed by atoms with Crippen LogP contribution in [0, 0.1) is 0 Å². The van der Waals surface area contributed by atoms with Crippen LogP contribution in [0.4, 0.5) is 11.4 Å². The second-order valence-electron chi connectivity index (χ2n) is 6.17. The molecule has 0 saturated carbocycles. The number of carbonyl (C=O) groups excluding carboxylic acids is 1. The lowest BCUT2D eigenvalue weighted by molar-refractivity contribution is -0.112. The molecule has 0 unspecified atom stereocenters. The SMILES string of the molecule is O=C(Nc1ccc(Cl)cc1)C1=C(O)c2ccccc2C1=Nc1ccc(Cl)cc1. The molecule has 0 aliphatic heterocycles. The van der Waals surface area contributed by atoms with E-state index in [-0.39, 0.29) is 11.3 Å². The Bertz CT molecular complexity index is 1120. The van der Waals surface area contributed by atoms with Crippen molar-refractivity contribution >= 4 is 52.0 Å². The van der Waals surface area contributed by atoms with Crippen molar-refractivity contribution in [2.24, 2.45) is 4.99 Å². The Morgan fingerprint density at radius 1 is 0.821 bits per heavy atom. The Labute approximate surface area is 171 Å². The van der Waals surface area contributed by atoms with Crippen LogP contribution < -0.4 is 5.32 Å². The quantitative estimate of drug-likeness (QED) is 0.554. The molecule has 4 rings (SSSR count). The van der Waals surface area contributed by atoms with Crippen LogP contribution in [0.5, 0.6) is 0 Å². The van der Waals surface area contributed by atoms with Gasteiger partial charge in [0.15, 0.2) is 0 Å². The highest BCUT2D eigenvalue weighted by molar-refractivity contribution is 6.38. The van der Waals surface area contributed by atoms with Gasteiger partial charge in [0, 0.05) is 26.9 Å². The molecule has 3 aromatic rings. The summed E-state index contributed by atoms with van der Waals surface area (Å²) in [6.07, 6.45) is 0. The smallest absolute Gasteiger partial charge is 0.261 e. The van der Waals surface area contributed by atoms with Crippen LogP contribution in [-0.2, 0) is 4.79 Å². The number of rotatable bonds is 3. The summed E-state index contributed by atoms with van der Waals surface area (Å²) in [6.45, 7) is 0. The fraction of sp³-hybridized carbons (Fsp3) is 0. The van der Waals surface area contributed by atoms with Crippen molar-refractivity contribution in [2.45, 2.75) is 0 Å². The zero-order valence-electron chi connectivity index (χ0n) is 14.5. The molecule has 0 heterocycles. The number of nitrogens with zero attached hydrogens (tertiary/aromatic N) is 1. The molecular formula is C22H14Cl2N2O2. The second-order valence-corrected chi connectivity index (χ2v) is 7.04. The standard InChI is InChI=1S/C22H14Cl2N2O2/c23-13-5-9-15(10-6-13)25-20-17-3-1-2-4-18(17)21(27)19(20)22(28)26-16-11-7-14(24)8-12-16/h1-12,27H,(H,26,28). The van der Waals surface area contributed by atoms with Crippen molar-refractivity contribution in [2.75, 3.05) is 5.32 Å². The number of fused-ring (bicyclic) bond motifs is 1. The Kier molecular flexibility index (Phi) is 4.90. The fourth-order valence-corrected chi connectivity index (χ4v) is 3.23. The summed E-state index contributed by atoms with van der Waals surface area (Å²) >= 11 is 11.8. The average Bonchev–Trinajstić information content (AvgIpc) is 2.98. The van der Waals surface area contributed by atoms with Gasteiger partial charge in [0.25, 0.3) is 5.91 Å². The fourth-order valence-electron chi connectivity index (χ4n) is 2.98. The third-order valence-corrected chi connectivity index (χ3v) is 4.81. The Morgan fingerprint density at radius 2 is 1.39 bits per heavy atom. The topological polar surface area (TPSA) is 61.7 Å². The molecule has 1 aliphatic rings. The van der Waals surface area contributed by atoms with E-state index in [9.17, 15) is 9.90 Å². The van der Waals surface area contributed by atoms with Gasteiger partial charge in [-0.25, -0.2) is 4.99 Å². The average molecular weight is 409 g/mol. The third-order valence-electron chi connectivity index (χ3n) is 4.31. The first-order valence-electron chi connectivity index (χ1n) is 8.47. The molecule has 6 heteroatoms. The summed E-state index contributed by atoms with van der Waals surface area (Å²) in [7, 11) is 0. The van der Waals surface area contributed by atoms with E-state index < -0.39 is 5.91 Å². The maximum absolute atomic E-state index is 13.0. The lowest BCUT2D eigenvalue weighted by atomic mass is 10.1. The Morgan fingerprint density at radius 3 is 2.04 bits per heavy atom. The van der Waals surface area contributed by atoms with Crippen molar-refractivity contribution in [3.8, 4) is 0 Å². The van der Waals surface area contributed by atoms with Gasteiger partial charge in [-0.1, -0.05) is 47.5 Å². The molecular weight excluding hydrogens is 395 g/mol. The van der Waals surface area contributed by atoms with Crippen LogP contribution in [0.25, 0.3) is 5.76 Å². The van der Waals surface area contributed by atoms with Gasteiger partial charge in [-0.2, -0.15) is 0 Å². The summed E-state index contributed by atoms with van der Waals surface area (Å²) in [6, 6.07) is 20.9. The maximum atomic E-state index is 13.0. The number of aliphatic imine (C=N–C) groups is 1. The molecule has 2 N–H and O–H groups in total. The molecule has 138 valence electrons. The van der Waals surface area contributed by atoms with E-state index in [0.29, 0.717) is 38.3 Å². The zero-order chi connectivity index (χ0) is 19.7. The van der Waals surface area contributed by atoms with Crippen molar-refractivity contribution < 1.29 is 9.90 Å². The number of hydrogen-bond acceptors (Lipinski definition) is 3. The highest BCUT2D eigenvalue weighted by Crippen LogP contribution is 2.34. The summed E-state index contributed by atoms with van der Waals surface area (Å²) in [5.74, 6) is -0.557. The van der Waals surface area contributed by atoms with Gasteiger partial charge < -0.3 is 10.4 Å². The third kappa shape index (κ3) is 3.52. The summed E-state index contributed by atoms with van der Waals surface area (Å²) in [4.78, 5) is 17.6. The van der Waals surface area contributed by atoms with E-state index in [0.717, 1.165) is 0 Å². The lowest BCUT2D eigenvalue weighted by Crippen LogP contribution is -2.19. The minimum Gasteiger partial charge on any atom is -0.506 e. The van der Waals surface area contributed by atoms with Gasteiger partial charge in [-0.05, 0) is 48.5 Å². The number of aliphatic hydroxyl groups excluding tert-OH is 1. The summed E-state index contributed by atoms with van der Waals surface area (Å²) < 4.78 is 0. The molecule has 0 bridgehead atoms. The van der Waals surface area contributed by atoms with Crippen molar-refractivity contribution in [1.29, 1.82) is 0 Å². The molecule has 28 heavy (non-hydrogen) atoms. The van der Waals surface area contributed by atoms with Gasteiger partial charge in [-0.15, -0.1) is 0 Å². The van der Waals surface area contributed by atoms with Gasteiger partial charge in [0.05, 0.1) is 11.4 Å². The molecule has 4 nitrogen and oxygen atoms in total. The molecule has 0 atom stereocenters. The van der Waals surface area contributed by atoms with E-state index in [1.165, 1.54) is 0 Å². The van der Waals surface area contributed by atoms with Crippen LogP contribution in [0.2, 0.25) is 10.0 Å². The van der Waals surface area contributed by atoms with Gasteiger partial charge >= 0.3 is 0 Å². The van der Waals surface area contributed by atoms with Gasteiger partial charge in [0.1, 0.15) is 11.3 Å². The minimum absolute atomic E-state index is 0.102. The first-order chi connectivity index (χ1) is 13.5. The Hall–Kier alpha value is -3.08. The summed E-state index contributed by atoms with van der Waals surface area (Å²) in [5.41, 5.74) is 2.97. The number of nitrogens with one attached hydrogen (secondary N) is 1. The molecule has 0 saturated heterocycles. The molecule has 0 spiro atoms. The van der Waals surface area contributed by atoms with Crippen LogP contribution in [0.15, 0.2) is 83.4 Å². The minimum atomic E-state index is -0.455. The number of benzene rings is 3. The van der Waals surface area contributed by atoms with Crippen LogP contribution >= 0.6 is 23.2 Å². The molecule has 1 amide bonds. The maximum Gasteiger partial charge on any atom is 0.261 e. The monoisotopic (exact) mass is 408 g/mol.